The van der Waals surface area contributed by atoms with E-state index in [-0.39, 0.29) is 28.6 Å². The van der Waals surface area contributed by atoms with Gasteiger partial charge in [0.1, 0.15) is 11.6 Å². The Balaban J connectivity index is -0.000000295. The van der Waals surface area contributed by atoms with Gasteiger partial charge in [-0.25, -0.2) is 0 Å². The van der Waals surface area contributed by atoms with E-state index in [2.05, 4.69) is 0 Å². The molecule has 7 heteroatoms. The standard InChI is InChI=1S/2C7H12O3.Fe/c2*1-7(2,3)5(8)4-6(9)10;/h2*4H2,1-3H3,(H,9,10);/q;;+2/p-2. The molecule has 0 heterocycles. The Morgan fingerprint density at radius 2 is 0.857 bits per heavy atom. The van der Waals surface area contributed by atoms with Gasteiger partial charge in [0.05, 0.1) is 0 Å². The topological polar surface area (TPSA) is 114 Å². The first kappa shape index (κ1) is 24.8. The van der Waals surface area contributed by atoms with Crippen LogP contribution in [-0.4, -0.2) is 23.5 Å². The van der Waals surface area contributed by atoms with Gasteiger partial charge >= 0.3 is 17.1 Å². The monoisotopic (exact) mass is 342 g/mol. The van der Waals surface area contributed by atoms with Crippen molar-refractivity contribution in [2.75, 3.05) is 0 Å². The molecule has 0 radical (unpaired) electrons. The summed E-state index contributed by atoms with van der Waals surface area (Å²) in [6, 6.07) is 0. The molecular weight excluding hydrogens is 320 g/mol. The van der Waals surface area contributed by atoms with Gasteiger partial charge in [0, 0.05) is 35.6 Å². The Morgan fingerprint density at radius 3 is 0.905 bits per heavy atom. The second-order valence-electron chi connectivity index (χ2n) is 6.44. The zero-order valence-electron chi connectivity index (χ0n) is 13.2. The summed E-state index contributed by atoms with van der Waals surface area (Å²) >= 11 is 0. The Hall–Kier alpha value is -1.20. The third-order valence-electron chi connectivity index (χ3n) is 2.28. The van der Waals surface area contributed by atoms with Crippen molar-refractivity contribution in [3.8, 4) is 0 Å². The van der Waals surface area contributed by atoms with E-state index in [0.717, 1.165) is 0 Å². The zero-order valence-corrected chi connectivity index (χ0v) is 14.3. The maximum absolute atomic E-state index is 10.9. The Morgan fingerprint density at radius 1 is 0.667 bits per heavy atom. The second kappa shape index (κ2) is 9.68. The quantitative estimate of drug-likeness (QED) is 0.502. The van der Waals surface area contributed by atoms with E-state index in [0.29, 0.717) is 0 Å². The molecule has 21 heavy (non-hydrogen) atoms. The van der Waals surface area contributed by atoms with Crippen LogP contribution in [0.4, 0.5) is 0 Å². The summed E-state index contributed by atoms with van der Waals surface area (Å²) in [6.07, 6.45) is -0.965. The van der Waals surface area contributed by atoms with Crippen LogP contribution < -0.4 is 10.2 Å². The molecule has 0 N–H and O–H groups in total. The molecule has 0 aromatic carbocycles. The molecule has 0 unspecified atom stereocenters. The third-order valence-corrected chi connectivity index (χ3v) is 2.28. The maximum Gasteiger partial charge on any atom is 2.00 e. The van der Waals surface area contributed by atoms with Gasteiger partial charge in [-0.05, 0) is 0 Å². The van der Waals surface area contributed by atoms with Crippen molar-refractivity contribution in [3.63, 3.8) is 0 Å². The van der Waals surface area contributed by atoms with E-state index in [4.69, 9.17) is 0 Å². The Labute approximate surface area is 135 Å². The van der Waals surface area contributed by atoms with Crippen molar-refractivity contribution >= 4 is 23.5 Å². The van der Waals surface area contributed by atoms with Crippen LogP contribution in [0.15, 0.2) is 0 Å². The van der Waals surface area contributed by atoms with Crippen LogP contribution in [0.25, 0.3) is 0 Å². The molecule has 0 aromatic heterocycles. The second-order valence-corrected chi connectivity index (χ2v) is 6.44. The van der Waals surface area contributed by atoms with Crippen LogP contribution in [0.2, 0.25) is 0 Å². The normalized spacial score (nSPS) is 10.6. The number of hydrogen-bond donors (Lipinski definition) is 0. The van der Waals surface area contributed by atoms with E-state index in [1.165, 1.54) is 0 Å². The molecule has 0 aliphatic carbocycles. The molecule has 0 bridgehead atoms. The fraction of sp³-hybridized carbons (Fsp3) is 0.714. The molecule has 0 fully saturated rings. The molecular formula is C14H22FeO6. The summed E-state index contributed by atoms with van der Waals surface area (Å²) in [6.45, 7) is 10.1. The average molecular weight is 342 g/mol. The summed E-state index contributed by atoms with van der Waals surface area (Å²) < 4.78 is 0. The molecule has 0 aromatic rings. The van der Waals surface area contributed by atoms with Gasteiger partial charge < -0.3 is 19.8 Å². The molecule has 0 saturated carbocycles. The van der Waals surface area contributed by atoms with Crippen molar-refractivity contribution < 1.29 is 46.5 Å². The van der Waals surface area contributed by atoms with Gasteiger partial charge in [0.25, 0.3) is 0 Å². The molecule has 122 valence electrons. The molecule has 0 aliphatic rings. The van der Waals surface area contributed by atoms with E-state index >= 15 is 0 Å². The minimum absolute atomic E-state index is 0. The van der Waals surface area contributed by atoms with Gasteiger partial charge in [-0.15, -0.1) is 0 Å². The average Bonchev–Trinajstić information content (AvgIpc) is 2.13. The number of ketones is 2. The smallest absolute Gasteiger partial charge is 0.550 e. The van der Waals surface area contributed by atoms with Crippen LogP contribution >= 0.6 is 0 Å². The number of carboxylic acid groups (broad SMARTS) is 2. The van der Waals surface area contributed by atoms with Gasteiger partial charge in [-0.3, -0.25) is 9.59 Å². The number of hydrogen-bond acceptors (Lipinski definition) is 6. The number of aliphatic carboxylic acids is 2. The number of carbonyl (C=O) groups is 4. The molecule has 0 rings (SSSR count). The van der Waals surface area contributed by atoms with Crippen molar-refractivity contribution in [3.05, 3.63) is 0 Å². The molecule has 0 aliphatic heterocycles. The van der Waals surface area contributed by atoms with E-state index in [9.17, 15) is 29.4 Å². The van der Waals surface area contributed by atoms with Crippen molar-refractivity contribution in [1.29, 1.82) is 0 Å². The van der Waals surface area contributed by atoms with Crippen LogP contribution in [0, 0.1) is 10.8 Å². The van der Waals surface area contributed by atoms with Gasteiger partial charge in [0.2, 0.25) is 0 Å². The zero-order chi connectivity index (χ0) is 16.7. The van der Waals surface area contributed by atoms with Crippen molar-refractivity contribution in [2.24, 2.45) is 10.8 Å². The van der Waals surface area contributed by atoms with Crippen LogP contribution in [-0.2, 0) is 36.2 Å². The first-order valence-corrected chi connectivity index (χ1v) is 6.14. The van der Waals surface area contributed by atoms with E-state index < -0.39 is 35.6 Å². The molecule has 0 atom stereocenters. The van der Waals surface area contributed by atoms with Crippen LogP contribution in [0.1, 0.15) is 54.4 Å². The van der Waals surface area contributed by atoms with Crippen LogP contribution in [0.3, 0.4) is 0 Å². The first-order chi connectivity index (χ1) is 8.67. The van der Waals surface area contributed by atoms with E-state index in [1.807, 2.05) is 0 Å². The number of carbonyl (C=O) groups excluding carboxylic acids is 4. The molecule has 6 nitrogen and oxygen atoms in total. The van der Waals surface area contributed by atoms with Gasteiger partial charge in [-0.1, -0.05) is 41.5 Å². The van der Waals surface area contributed by atoms with Crippen LogP contribution in [0.5, 0.6) is 0 Å². The van der Waals surface area contributed by atoms with Gasteiger partial charge in [0.15, 0.2) is 0 Å². The summed E-state index contributed by atoms with van der Waals surface area (Å²) in [7, 11) is 0. The minimum atomic E-state index is -1.31. The SMILES string of the molecule is CC(C)(C)C(=O)CC(=O)[O-].CC(C)(C)C(=O)CC(=O)[O-].[Fe+2]. The van der Waals surface area contributed by atoms with Crippen molar-refractivity contribution in [2.45, 2.75) is 54.4 Å². The molecule has 0 saturated heterocycles. The summed E-state index contributed by atoms with van der Waals surface area (Å²) in [5, 5.41) is 19.8. The first-order valence-electron chi connectivity index (χ1n) is 6.14. The number of Topliss-reactive ketones (excluding diaryl/α,β-unsaturated/α-hetero) is 2. The summed E-state index contributed by atoms with van der Waals surface area (Å²) in [5.41, 5.74) is -1.14. The minimum Gasteiger partial charge on any atom is -0.550 e. The maximum atomic E-state index is 10.9. The predicted octanol–water partition coefficient (Wildman–Crippen LogP) is -0.519. The van der Waals surface area contributed by atoms with Crippen molar-refractivity contribution in [1.82, 2.24) is 0 Å². The summed E-state index contributed by atoms with van der Waals surface area (Å²) in [4.78, 5) is 41.6. The molecule has 0 spiro atoms. The fourth-order valence-corrected chi connectivity index (χ4v) is 0.793. The Bertz CT molecular complexity index is 349. The van der Waals surface area contributed by atoms with Gasteiger partial charge in [-0.2, -0.15) is 0 Å². The third kappa shape index (κ3) is 15.0. The molecule has 0 amide bonds. The van der Waals surface area contributed by atoms with E-state index in [1.54, 1.807) is 41.5 Å². The fourth-order valence-electron chi connectivity index (χ4n) is 0.793. The summed E-state index contributed by atoms with van der Waals surface area (Å²) in [5.74, 6) is -3.21. The largest absolute Gasteiger partial charge is 2.00 e. The Kier molecular flexibility index (Phi) is 11.4. The number of rotatable bonds is 4. The number of carboxylic acids is 2. The predicted molar refractivity (Wildman–Crippen MR) is 68.2 cm³/mol.